The maximum absolute atomic E-state index is 13.5. The predicted octanol–water partition coefficient (Wildman–Crippen LogP) is 5.26. The average molecular weight is 431 g/mol. The van der Waals surface area contributed by atoms with Crippen molar-refractivity contribution in [1.29, 1.82) is 0 Å². The summed E-state index contributed by atoms with van der Waals surface area (Å²) in [5.41, 5.74) is 2.17. The molecule has 1 fully saturated rings. The van der Waals surface area contributed by atoms with Crippen molar-refractivity contribution in [2.24, 2.45) is 4.99 Å². The van der Waals surface area contributed by atoms with Crippen LogP contribution in [-0.2, 0) is 11.3 Å². The Bertz CT molecular complexity index is 1160. The molecule has 7 heteroatoms. The molecule has 148 valence electrons. The van der Waals surface area contributed by atoms with E-state index in [0.717, 1.165) is 21.2 Å². The summed E-state index contributed by atoms with van der Waals surface area (Å²) in [7, 11) is 2.00. The lowest BCUT2D eigenvalue weighted by Crippen LogP contribution is -2.29. The van der Waals surface area contributed by atoms with Crippen LogP contribution in [0.25, 0.3) is 0 Å². The van der Waals surface area contributed by atoms with Gasteiger partial charge in [-0.2, -0.15) is 0 Å². The lowest BCUT2D eigenvalue weighted by atomic mass is 10.2. The molecule has 1 saturated heterocycles. The average Bonchev–Trinajstić information content (AvgIpc) is 3.27. The Hall–Kier alpha value is -3.03. The van der Waals surface area contributed by atoms with Gasteiger partial charge in [-0.15, -0.1) is 0 Å². The first-order chi connectivity index (χ1) is 14.7. The summed E-state index contributed by atoms with van der Waals surface area (Å²) in [6.45, 7) is 0.469. The molecule has 2 aliphatic rings. The molecular weight excluding hydrogens is 412 g/mol. The molecule has 5 nitrogen and oxygen atoms in total. The Morgan fingerprint density at radius 3 is 2.47 bits per heavy atom. The van der Waals surface area contributed by atoms with Gasteiger partial charge in [0.05, 0.1) is 17.3 Å². The van der Waals surface area contributed by atoms with Gasteiger partial charge >= 0.3 is 0 Å². The monoisotopic (exact) mass is 430 g/mol. The Labute approximate surface area is 183 Å². The Kier molecular flexibility index (Phi) is 5.06. The highest BCUT2D eigenvalue weighted by molar-refractivity contribution is 8.19. The number of pyridine rings is 1. The number of carbonyl (C=O) groups excluding carboxylic acids is 1. The highest BCUT2D eigenvalue weighted by Gasteiger charge is 2.39. The molecule has 30 heavy (non-hydrogen) atoms. The van der Waals surface area contributed by atoms with Crippen LogP contribution in [0.5, 0.6) is 0 Å². The van der Waals surface area contributed by atoms with Crippen LogP contribution in [0.2, 0.25) is 0 Å². The van der Waals surface area contributed by atoms with Crippen LogP contribution in [-0.4, -0.2) is 28.0 Å². The highest BCUT2D eigenvalue weighted by Crippen LogP contribution is 2.50. The van der Waals surface area contributed by atoms with Crippen molar-refractivity contribution >= 4 is 46.1 Å². The van der Waals surface area contributed by atoms with Crippen LogP contribution in [0.15, 0.2) is 98.8 Å². The third-order valence-corrected chi connectivity index (χ3v) is 7.27. The zero-order chi connectivity index (χ0) is 20.5. The topological polar surface area (TPSA) is 48.8 Å². The largest absolute Gasteiger partial charge is 0.337 e. The Morgan fingerprint density at radius 1 is 0.933 bits per heavy atom. The van der Waals surface area contributed by atoms with Gasteiger partial charge < -0.3 is 4.90 Å². The first kappa shape index (κ1) is 19.0. The minimum atomic E-state index is -0.0271. The molecule has 5 rings (SSSR count). The lowest BCUT2D eigenvalue weighted by Gasteiger charge is -2.16. The summed E-state index contributed by atoms with van der Waals surface area (Å²) in [4.78, 5) is 28.2. The van der Waals surface area contributed by atoms with Crippen molar-refractivity contribution in [1.82, 2.24) is 9.88 Å². The van der Waals surface area contributed by atoms with E-state index in [1.54, 1.807) is 22.9 Å². The molecule has 3 heterocycles. The van der Waals surface area contributed by atoms with Gasteiger partial charge in [-0.25, -0.2) is 9.98 Å². The molecule has 0 spiro atoms. The number of aromatic nitrogens is 1. The van der Waals surface area contributed by atoms with Gasteiger partial charge in [0.25, 0.3) is 5.91 Å². The van der Waals surface area contributed by atoms with Crippen LogP contribution in [0.1, 0.15) is 5.56 Å². The minimum Gasteiger partial charge on any atom is -0.337 e. The number of aliphatic imine (C=N–C) groups is 1. The Balaban J connectivity index is 1.55. The number of hydrogen-bond acceptors (Lipinski definition) is 6. The molecule has 1 aromatic heterocycles. The van der Waals surface area contributed by atoms with E-state index in [4.69, 9.17) is 4.99 Å². The lowest BCUT2D eigenvalue weighted by molar-refractivity contribution is -0.122. The van der Waals surface area contributed by atoms with Crippen LogP contribution in [0.4, 0.5) is 11.5 Å². The SMILES string of the molecule is CN1/C(=C2/S/C(=N/c3ccccn3)N(Cc3ccccc3)C2=O)Sc2ccccc21. The molecule has 0 saturated carbocycles. The molecule has 2 aromatic carbocycles. The second-order valence-corrected chi connectivity index (χ2v) is 8.83. The molecule has 0 radical (unpaired) electrons. The number of amides is 1. The second-order valence-electron chi connectivity index (χ2n) is 6.82. The van der Waals surface area contributed by atoms with E-state index in [9.17, 15) is 4.79 Å². The normalized spacial score (nSPS) is 19.6. The standard InChI is InChI=1S/C23H18N4OS2/c1-26-17-11-5-6-12-18(17)29-22(26)20-21(28)27(15-16-9-3-2-4-10-16)23(30-20)25-19-13-7-8-14-24-19/h2-14H,15H2,1H3/b22-20-,25-23+. The minimum absolute atomic E-state index is 0.0271. The molecule has 3 aromatic rings. The molecule has 0 atom stereocenters. The second kappa shape index (κ2) is 8.01. The summed E-state index contributed by atoms with van der Waals surface area (Å²) in [6.07, 6.45) is 1.71. The van der Waals surface area contributed by atoms with Crippen LogP contribution in [0.3, 0.4) is 0 Å². The van der Waals surface area contributed by atoms with Crippen molar-refractivity contribution in [3.63, 3.8) is 0 Å². The van der Waals surface area contributed by atoms with Crippen LogP contribution < -0.4 is 4.90 Å². The van der Waals surface area contributed by atoms with Crippen molar-refractivity contribution < 1.29 is 4.79 Å². The number of fused-ring (bicyclic) bond motifs is 1. The zero-order valence-corrected chi connectivity index (χ0v) is 17.9. The number of rotatable bonds is 3. The number of amidine groups is 1. The predicted molar refractivity (Wildman–Crippen MR) is 124 cm³/mol. The van der Waals surface area contributed by atoms with Gasteiger partial charge in [-0.05, 0) is 41.6 Å². The van der Waals surface area contributed by atoms with Gasteiger partial charge in [-0.1, -0.05) is 60.3 Å². The van der Waals surface area contributed by atoms with Gasteiger partial charge in [0.1, 0.15) is 4.91 Å². The maximum atomic E-state index is 13.5. The fourth-order valence-corrected chi connectivity index (χ4v) is 5.67. The third kappa shape index (κ3) is 3.51. The van der Waals surface area contributed by atoms with E-state index in [1.807, 2.05) is 67.7 Å². The number of para-hydroxylation sites is 1. The summed E-state index contributed by atoms with van der Waals surface area (Å²) in [5.74, 6) is 0.563. The fraction of sp³-hybridized carbons (Fsp3) is 0.0870. The number of thioether (sulfide) groups is 2. The summed E-state index contributed by atoms with van der Waals surface area (Å²) < 4.78 is 0. The number of hydrogen-bond donors (Lipinski definition) is 0. The van der Waals surface area contributed by atoms with E-state index in [2.05, 4.69) is 22.0 Å². The number of carbonyl (C=O) groups is 1. The molecular formula is C23H18N4OS2. The van der Waals surface area contributed by atoms with Crippen molar-refractivity contribution in [2.75, 3.05) is 11.9 Å². The van der Waals surface area contributed by atoms with Crippen molar-refractivity contribution in [3.8, 4) is 0 Å². The number of benzene rings is 2. The molecule has 0 aliphatic carbocycles. The first-order valence-corrected chi connectivity index (χ1v) is 11.1. The molecule has 0 bridgehead atoms. The van der Waals surface area contributed by atoms with Crippen LogP contribution >= 0.6 is 23.5 Å². The summed E-state index contributed by atoms with van der Waals surface area (Å²) in [6, 6.07) is 23.8. The zero-order valence-electron chi connectivity index (χ0n) is 16.2. The van der Waals surface area contributed by atoms with E-state index in [0.29, 0.717) is 22.4 Å². The van der Waals surface area contributed by atoms with E-state index >= 15 is 0 Å². The number of nitrogens with zero attached hydrogens (tertiary/aromatic N) is 4. The van der Waals surface area contributed by atoms with Gasteiger partial charge in [0.2, 0.25) is 0 Å². The smallest absolute Gasteiger partial charge is 0.269 e. The molecule has 1 amide bonds. The van der Waals surface area contributed by atoms with Gasteiger partial charge in [0.15, 0.2) is 11.0 Å². The Morgan fingerprint density at radius 2 is 1.70 bits per heavy atom. The van der Waals surface area contributed by atoms with Gasteiger partial charge in [0, 0.05) is 18.1 Å². The van der Waals surface area contributed by atoms with Gasteiger partial charge in [-0.3, -0.25) is 9.69 Å². The van der Waals surface area contributed by atoms with Crippen molar-refractivity contribution in [3.05, 3.63) is 94.5 Å². The first-order valence-electron chi connectivity index (χ1n) is 9.49. The highest BCUT2D eigenvalue weighted by atomic mass is 32.2. The number of anilines is 1. The summed E-state index contributed by atoms with van der Waals surface area (Å²) >= 11 is 3.04. The van der Waals surface area contributed by atoms with E-state index in [1.165, 1.54) is 11.8 Å². The molecule has 0 N–H and O–H groups in total. The van der Waals surface area contributed by atoms with Crippen LogP contribution in [0, 0.1) is 0 Å². The maximum Gasteiger partial charge on any atom is 0.269 e. The molecule has 0 unspecified atom stereocenters. The molecule has 2 aliphatic heterocycles. The van der Waals surface area contributed by atoms with Crippen molar-refractivity contribution in [2.45, 2.75) is 11.4 Å². The fourth-order valence-electron chi connectivity index (χ4n) is 3.34. The van der Waals surface area contributed by atoms with E-state index < -0.39 is 0 Å². The van der Waals surface area contributed by atoms with E-state index in [-0.39, 0.29) is 5.91 Å². The quantitative estimate of drug-likeness (QED) is 0.531. The summed E-state index contributed by atoms with van der Waals surface area (Å²) in [5, 5.41) is 1.59. The third-order valence-electron chi connectivity index (χ3n) is 4.84.